The Labute approximate surface area is 214 Å². The van der Waals surface area contributed by atoms with Gasteiger partial charge in [-0.05, 0) is 68.7 Å². The average Bonchev–Trinajstić information content (AvgIpc) is 3.45. The van der Waals surface area contributed by atoms with Crippen molar-refractivity contribution in [2.24, 2.45) is 0 Å². The van der Waals surface area contributed by atoms with Gasteiger partial charge in [-0.2, -0.15) is 0 Å². The van der Waals surface area contributed by atoms with E-state index in [1.165, 1.54) is 35.6 Å². The topological polar surface area (TPSA) is 100 Å². The number of thiazole rings is 2. The van der Waals surface area contributed by atoms with Crippen molar-refractivity contribution in [3.8, 4) is 0 Å². The molecule has 0 aliphatic carbocycles. The number of carboxylic acids is 2. The molecule has 0 saturated heterocycles. The van der Waals surface area contributed by atoms with Crippen molar-refractivity contribution in [1.29, 1.82) is 0 Å². The summed E-state index contributed by atoms with van der Waals surface area (Å²) in [4.78, 5) is 29.8. The third-order valence-corrected chi connectivity index (χ3v) is 6.55. The lowest BCUT2D eigenvalue weighted by Gasteiger charge is -2.03. The van der Waals surface area contributed by atoms with Crippen LogP contribution in [0.2, 0.25) is 0 Å². The first-order valence-electron chi connectivity index (χ1n) is 10.7. The van der Waals surface area contributed by atoms with E-state index in [1.54, 1.807) is 23.5 Å². The van der Waals surface area contributed by atoms with Gasteiger partial charge in [-0.3, -0.25) is 0 Å². The minimum atomic E-state index is -1.14. The van der Waals surface area contributed by atoms with E-state index < -0.39 is 23.6 Å². The molecular weight excluding hydrogens is 506 g/mol. The minimum absolute atomic E-state index is 0.0271. The molecule has 0 aliphatic rings. The van der Waals surface area contributed by atoms with Gasteiger partial charge in [0.25, 0.3) is 0 Å². The van der Waals surface area contributed by atoms with Crippen molar-refractivity contribution >= 4 is 46.8 Å². The number of halogens is 2. The summed E-state index contributed by atoms with van der Waals surface area (Å²) in [7, 11) is 0. The molecule has 0 unspecified atom stereocenters. The summed E-state index contributed by atoms with van der Waals surface area (Å²) in [6.45, 7) is 3.82. The predicted octanol–water partition coefficient (Wildman–Crippen LogP) is 6.53. The summed E-state index contributed by atoms with van der Waals surface area (Å²) in [6, 6.07) is 7.83. The van der Waals surface area contributed by atoms with E-state index in [1.807, 2.05) is 24.6 Å². The number of aromatic nitrogens is 2. The second-order valence-electron chi connectivity index (χ2n) is 7.64. The van der Waals surface area contributed by atoms with Crippen LogP contribution in [0.3, 0.4) is 0 Å². The SMILES string of the molecule is Cc1nc(C=Cc2ccc(C(=O)O)cc2F)cs1.Cc1nc(CCc2ccc(C(=O)O)cc2F)cs1. The number of aromatic carboxylic acids is 2. The van der Waals surface area contributed by atoms with Gasteiger partial charge in [0.05, 0.1) is 32.5 Å². The Balaban J connectivity index is 0.000000201. The molecule has 0 amide bonds. The van der Waals surface area contributed by atoms with Crippen LogP contribution in [0.25, 0.3) is 12.2 Å². The number of benzene rings is 2. The molecule has 2 heterocycles. The summed E-state index contributed by atoms with van der Waals surface area (Å²) in [5.41, 5.74) is 2.48. The summed E-state index contributed by atoms with van der Waals surface area (Å²) in [5, 5.41) is 23.2. The van der Waals surface area contributed by atoms with Crippen LogP contribution in [-0.2, 0) is 12.8 Å². The number of carbonyl (C=O) groups is 2. The quantitative estimate of drug-likeness (QED) is 0.283. The van der Waals surface area contributed by atoms with Gasteiger partial charge < -0.3 is 10.2 Å². The third kappa shape index (κ3) is 7.62. The van der Waals surface area contributed by atoms with Gasteiger partial charge in [0, 0.05) is 16.3 Å². The highest BCUT2D eigenvalue weighted by atomic mass is 32.1. The molecule has 4 aromatic rings. The monoisotopic (exact) mass is 528 g/mol. The van der Waals surface area contributed by atoms with E-state index in [0.29, 0.717) is 24.0 Å². The molecule has 2 aromatic heterocycles. The molecule has 0 fully saturated rings. The lowest BCUT2D eigenvalue weighted by atomic mass is 10.1. The molecule has 4 rings (SSSR count). The maximum absolute atomic E-state index is 13.6. The Morgan fingerprint density at radius 1 is 0.833 bits per heavy atom. The highest BCUT2D eigenvalue weighted by Crippen LogP contribution is 2.17. The molecule has 36 heavy (non-hydrogen) atoms. The minimum Gasteiger partial charge on any atom is -0.478 e. The largest absolute Gasteiger partial charge is 0.478 e. The van der Waals surface area contributed by atoms with Gasteiger partial charge in [0.1, 0.15) is 11.6 Å². The van der Waals surface area contributed by atoms with Gasteiger partial charge in [-0.25, -0.2) is 28.3 Å². The molecule has 10 heteroatoms. The fourth-order valence-corrected chi connectivity index (χ4v) is 4.32. The molecule has 6 nitrogen and oxygen atoms in total. The first-order chi connectivity index (χ1) is 17.1. The molecule has 0 bridgehead atoms. The Hall–Kier alpha value is -3.76. The number of rotatable bonds is 7. The second-order valence-corrected chi connectivity index (χ2v) is 9.76. The standard InChI is InChI=1S/C13H12FNO2S.C13H10FNO2S/c2*1-8-15-11(7-18-8)5-4-9-2-3-10(13(16)17)6-12(9)14/h2-3,6-7H,4-5H2,1H3,(H,16,17);2-7H,1H3,(H,16,17). The summed E-state index contributed by atoms with van der Waals surface area (Å²) >= 11 is 3.08. The Morgan fingerprint density at radius 2 is 1.44 bits per heavy atom. The van der Waals surface area contributed by atoms with Crippen LogP contribution in [0.4, 0.5) is 8.78 Å². The third-order valence-electron chi connectivity index (χ3n) is 4.93. The van der Waals surface area contributed by atoms with Crippen molar-refractivity contribution in [3.05, 3.63) is 102 Å². The molecule has 0 saturated carbocycles. The maximum atomic E-state index is 13.6. The molecule has 2 aromatic carbocycles. The normalized spacial score (nSPS) is 10.8. The van der Waals surface area contributed by atoms with E-state index in [9.17, 15) is 18.4 Å². The zero-order valence-corrected chi connectivity index (χ0v) is 21.0. The summed E-state index contributed by atoms with van der Waals surface area (Å²) in [6.07, 6.45) is 4.46. The number of nitrogens with zero attached hydrogens (tertiary/aromatic N) is 2. The number of hydrogen-bond acceptors (Lipinski definition) is 6. The van der Waals surface area contributed by atoms with Gasteiger partial charge in [-0.15, -0.1) is 22.7 Å². The number of aryl methyl sites for hydroxylation is 4. The molecule has 0 aliphatic heterocycles. The Kier molecular flexibility index (Phi) is 9.15. The van der Waals surface area contributed by atoms with E-state index in [-0.39, 0.29) is 11.1 Å². The zero-order valence-electron chi connectivity index (χ0n) is 19.4. The second kappa shape index (κ2) is 12.3. The summed E-state index contributed by atoms with van der Waals surface area (Å²) < 4.78 is 27.2. The van der Waals surface area contributed by atoms with Crippen LogP contribution < -0.4 is 0 Å². The van der Waals surface area contributed by atoms with Gasteiger partial charge in [0.15, 0.2) is 0 Å². The molecule has 0 atom stereocenters. The van der Waals surface area contributed by atoms with Crippen molar-refractivity contribution in [1.82, 2.24) is 9.97 Å². The van der Waals surface area contributed by atoms with Gasteiger partial charge in [0.2, 0.25) is 0 Å². The number of hydrogen-bond donors (Lipinski definition) is 2. The van der Waals surface area contributed by atoms with Gasteiger partial charge in [-0.1, -0.05) is 12.1 Å². The zero-order chi connectivity index (χ0) is 26.2. The average molecular weight is 529 g/mol. The van der Waals surface area contributed by atoms with Crippen molar-refractivity contribution < 1.29 is 28.6 Å². The molecule has 2 N–H and O–H groups in total. The lowest BCUT2D eigenvalue weighted by molar-refractivity contribution is 0.0685. The molecule has 186 valence electrons. The first kappa shape index (κ1) is 26.8. The van der Waals surface area contributed by atoms with E-state index in [4.69, 9.17) is 10.2 Å². The van der Waals surface area contributed by atoms with Crippen LogP contribution in [0.1, 0.15) is 53.2 Å². The maximum Gasteiger partial charge on any atom is 0.335 e. The fourth-order valence-electron chi connectivity index (χ4n) is 3.10. The molecular formula is C26H22F2N2O4S2. The molecule has 0 radical (unpaired) electrons. The number of carboxylic acid groups (broad SMARTS) is 2. The van der Waals surface area contributed by atoms with Crippen LogP contribution in [0.15, 0.2) is 47.2 Å². The van der Waals surface area contributed by atoms with Crippen molar-refractivity contribution in [3.63, 3.8) is 0 Å². The Bertz CT molecular complexity index is 1410. The first-order valence-corrected chi connectivity index (χ1v) is 12.4. The van der Waals surface area contributed by atoms with Crippen LogP contribution in [0, 0.1) is 25.5 Å². The van der Waals surface area contributed by atoms with E-state index in [2.05, 4.69) is 9.97 Å². The van der Waals surface area contributed by atoms with Crippen LogP contribution in [-0.4, -0.2) is 32.1 Å². The fraction of sp³-hybridized carbons (Fsp3) is 0.154. The predicted molar refractivity (Wildman–Crippen MR) is 137 cm³/mol. The van der Waals surface area contributed by atoms with Crippen LogP contribution in [0.5, 0.6) is 0 Å². The van der Waals surface area contributed by atoms with Crippen molar-refractivity contribution in [2.75, 3.05) is 0 Å². The summed E-state index contributed by atoms with van der Waals surface area (Å²) in [5.74, 6) is -3.28. The lowest BCUT2D eigenvalue weighted by Crippen LogP contribution is -2.00. The van der Waals surface area contributed by atoms with Crippen molar-refractivity contribution in [2.45, 2.75) is 26.7 Å². The highest BCUT2D eigenvalue weighted by molar-refractivity contribution is 7.09. The highest BCUT2D eigenvalue weighted by Gasteiger charge is 2.09. The van der Waals surface area contributed by atoms with E-state index >= 15 is 0 Å². The Morgan fingerprint density at radius 3 is 1.97 bits per heavy atom. The van der Waals surface area contributed by atoms with Gasteiger partial charge >= 0.3 is 11.9 Å². The van der Waals surface area contributed by atoms with Crippen LogP contribution >= 0.6 is 22.7 Å². The van der Waals surface area contributed by atoms with E-state index in [0.717, 1.165) is 33.5 Å². The molecule has 0 spiro atoms. The smallest absolute Gasteiger partial charge is 0.335 e.